The molecule has 0 saturated heterocycles. The summed E-state index contributed by atoms with van der Waals surface area (Å²) in [6.45, 7) is 4.22. The molecule has 0 spiro atoms. The van der Waals surface area contributed by atoms with Crippen LogP contribution < -0.4 is 5.32 Å². The van der Waals surface area contributed by atoms with Crippen LogP contribution in [0.4, 0.5) is 0 Å². The van der Waals surface area contributed by atoms with Gasteiger partial charge in [0.15, 0.2) is 0 Å². The maximum Gasteiger partial charge on any atom is 0.216 e. The lowest BCUT2D eigenvalue weighted by Gasteiger charge is -2.26. The highest BCUT2D eigenvalue weighted by atomic mass is 32.2. The van der Waals surface area contributed by atoms with Gasteiger partial charge in [0.05, 0.1) is 10.8 Å². The van der Waals surface area contributed by atoms with Crippen LogP contribution >= 0.6 is 0 Å². The number of rotatable bonds is 5. The molecule has 0 heterocycles. The van der Waals surface area contributed by atoms with Gasteiger partial charge < -0.3 is 5.32 Å². The van der Waals surface area contributed by atoms with E-state index >= 15 is 0 Å². The molecule has 1 amide bonds. The molecule has 0 fully saturated rings. The van der Waals surface area contributed by atoms with Crippen LogP contribution in [0, 0.1) is 0 Å². The van der Waals surface area contributed by atoms with Crippen molar-refractivity contribution < 1.29 is 9.00 Å². The fourth-order valence-corrected chi connectivity index (χ4v) is 3.72. The lowest BCUT2D eigenvalue weighted by Crippen LogP contribution is -2.23. The van der Waals surface area contributed by atoms with Crippen molar-refractivity contribution in [2.24, 2.45) is 0 Å². The summed E-state index contributed by atoms with van der Waals surface area (Å²) in [5, 5.41) is 2.87. The Labute approximate surface area is 123 Å². The maximum absolute atomic E-state index is 12.0. The molecule has 2 atom stereocenters. The number of nitrogens with one attached hydrogen (secondary N) is 1. The lowest BCUT2D eigenvalue weighted by molar-refractivity contribution is -0.118. The van der Waals surface area contributed by atoms with E-state index in [1.165, 1.54) is 17.5 Å². The molecule has 2 rings (SSSR count). The quantitative estimate of drug-likeness (QED) is 0.907. The van der Waals surface area contributed by atoms with Crippen LogP contribution in [0.2, 0.25) is 0 Å². The molecular weight excluding hydrogens is 270 g/mol. The van der Waals surface area contributed by atoms with Gasteiger partial charge in [0.2, 0.25) is 5.91 Å². The molecule has 20 heavy (non-hydrogen) atoms. The predicted octanol–water partition coefficient (Wildman–Crippen LogP) is 2.76. The third-order valence-electron chi connectivity index (χ3n) is 3.95. The molecule has 0 saturated carbocycles. The van der Waals surface area contributed by atoms with E-state index in [2.05, 4.69) is 17.4 Å². The Morgan fingerprint density at radius 3 is 2.95 bits per heavy atom. The Morgan fingerprint density at radius 2 is 2.25 bits per heavy atom. The highest BCUT2D eigenvalue weighted by Gasteiger charge is 2.21. The molecule has 1 aromatic rings. The molecule has 0 bridgehead atoms. The monoisotopic (exact) mass is 293 g/mol. The van der Waals surface area contributed by atoms with Gasteiger partial charge in [0, 0.05) is 24.1 Å². The van der Waals surface area contributed by atoms with E-state index in [0.29, 0.717) is 11.7 Å². The van der Waals surface area contributed by atoms with E-state index in [9.17, 15) is 9.00 Å². The second kappa shape index (κ2) is 7.02. The van der Waals surface area contributed by atoms with Crippen LogP contribution in [-0.2, 0) is 22.0 Å². The fourth-order valence-electron chi connectivity index (χ4n) is 2.91. The first-order valence-electron chi connectivity index (χ1n) is 7.37. The summed E-state index contributed by atoms with van der Waals surface area (Å²) in [5.74, 6) is 1.18. The summed E-state index contributed by atoms with van der Waals surface area (Å²) in [6, 6.07) is 6.28. The van der Waals surface area contributed by atoms with Crippen LogP contribution in [0.15, 0.2) is 23.1 Å². The third-order valence-corrected chi connectivity index (χ3v) is 5.25. The Kier molecular flexibility index (Phi) is 5.35. The molecule has 0 radical (unpaired) electrons. The van der Waals surface area contributed by atoms with Crippen LogP contribution in [0.5, 0.6) is 0 Å². The van der Waals surface area contributed by atoms with Crippen molar-refractivity contribution >= 4 is 16.7 Å². The normalized spacial score (nSPS) is 19.2. The zero-order valence-electron chi connectivity index (χ0n) is 12.3. The Morgan fingerprint density at radius 1 is 1.45 bits per heavy atom. The average Bonchev–Trinajstić information content (AvgIpc) is 2.46. The van der Waals surface area contributed by atoms with Crippen molar-refractivity contribution in [1.82, 2.24) is 5.32 Å². The number of hydrogen-bond acceptors (Lipinski definition) is 2. The smallest absolute Gasteiger partial charge is 0.216 e. The van der Waals surface area contributed by atoms with E-state index in [4.69, 9.17) is 0 Å². The number of fused-ring (bicyclic) bond motifs is 1. The van der Waals surface area contributed by atoms with Gasteiger partial charge in [0.25, 0.3) is 0 Å². The highest BCUT2D eigenvalue weighted by Crippen LogP contribution is 2.34. The summed E-state index contributed by atoms with van der Waals surface area (Å²) < 4.78 is 12.0. The van der Waals surface area contributed by atoms with Crippen LogP contribution in [0.25, 0.3) is 0 Å². The fraction of sp³-hybridized carbons (Fsp3) is 0.562. The molecule has 1 aliphatic carbocycles. The van der Waals surface area contributed by atoms with Crippen molar-refractivity contribution in [2.75, 3.05) is 12.3 Å². The molecule has 2 unspecified atom stereocenters. The van der Waals surface area contributed by atoms with Crippen molar-refractivity contribution in [2.45, 2.75) is 50.3 Å². The molecule has 0 aliphatic heterocycles. The molecular formula is C16H23NO2S. The zero-order chi connectivity index (χ0) is 14.5. The van der Waals surface area contributed by atoms with Gasteiger partial charge >= 0.3 is 0 Å². The maximum atomic E-state index is 12.0. The number of benzene rings is 1. The molecule has 3 nitrogen and oxygen atoms in total. The standard InChI is InChI=1S/C16H23NO2S/c1-3-20(19)15-8-7-13-5-4-6-14(16(13)11-15)9-10-17-12(2)18/h7-8,11,14H,3-6,9-10H2,1-2H3,(H,17,18). The number of amides is 1. The van der Waals surface area contributed by atoms with Gasteiger partial charge in [-0.05, 0) is 54.9 Å². The van der Waals surface area contributed by atoms with E-state index in [0.717, 1.165) is 30.7 Å². The summed E-state index contributed by atoms with van der Waals surface area (Å²) in [6.07, 6.45) is 4.45. The minimum Gasteiger partial charge on any atom is -0.356 e. The van der Waals surface area contributed by atoms with Gasteiger partial charge in [-0.15, -0.1) is 0 Å². The van der Waals surface area contributed by atoms with Gasteiger partial charge in [-0.3, -0.25) is 9.00 Å². The van der Waals surface area contributed by atoms with Crippen molar-refractivity contribution in [3.8, 4) is 0 Å². The Balaban J connectivity index is 2.15. The first-order valence-corrected chi connectivity index (χ1v) is 8.69. The number of aryl methyl sites for hydroxylation is 1. The summed E-state index contributed by atoms with van der Waals surface area (Å²) >= 11 is 0. The lowest BCUT2D eigenvalue weighted by atomic mass is 9.81. The average molecular weight is 293 g/mol. The summed E-state index contributed by atoms with van der Waals surface area (Å²) in [7, 11) is -0.886. The minimum absolute atomic E-state index is 0.0295. The molecule has 1 aliphatic rings. The van der Waals surface area contributed by atoms with E-state index in [1.54, 1.807) is 6.92 Å². The topological polar surface area (TPSA) is 46.2 Å². The van der Waals surface area contributed by atoms with Gasteiger partial charge in [-0.2, -0.15) is 0 Å². The summed E-state index contributed by atoms with van der Waals surface area (Å²) in [4.78, 5) is 11.9. The zero-order valence-corrected chi connectivity index (χ0v) is 13.1. The van der Waals surface area contributed by atoms with E-state index < -0.39 is 10.8 Å². The van der Waals surface area contributed by atoms with Gasteiger partial charge in [0.1, 0.15) is 0 Å². The van der Waals surface area contributed by atoms with Gasteiger partial charge in [-0.1, -0.05) is 13.0 Å². The second-order valence-electron chi connectivity index (χ2n) is 5.36. The third kappa shape index (κ3) is 3.69. The Hall–Kier alpha value is -1.16. The number of carbonyl (C=O) groups excluding carboxylic acids is 1. The van der Waals surface area contributed by atoms with Crippen molar-refractivity contribution in [3.05, 3.63) is 29.3 Å². The Bertz CT molecular complexity index is 513. The molecule has 1 aromatic carbocycles. The summed E-state index contributed by atoms with van der Waals surface area (Å²) in [5.41, 5.74) is 2.74. The minimum atomic E-state index is -0.886. The largest absolute Gasteiger partial charge is 0.356 e. The predicted molar refractivity (Wildman–Crippen MR) is 82.4 cm³/mol. The van der Waals surface area contributed by atoms with Gasteiger partial charge in [-0.25, -0.2) is 0 Å². The number of hydrogen-bond donors (Lipinski definition) is 1. The van der Waals surface area contributed by atoms with Crippen molar-refractivity contribution in [1.29, 1.82) is 0 Å². The highest BCUT2D eigenvalue weighted by molar-refractivity contribution is 7.85. The first-order chi connectivity index (χ1) is 9.61. The van der Waals surface area contributed by atoms with Crippen LogP contribution in [0.3, 0.4) is 0 Å². The first kappa shape index (κ1) is 15.2. The van der Waals surface area contributed by atoms with Crippen LogP contribution in [0.1, 0.15) is 50.2 Å². The van der Waals surface area contributed by atoms with E-state index in [-0.39, 0.29) is 5.91 Å². The SMILES string of the molecule is CCS(=O)c1ccc2c(c1)C(CCNC(C)=O)CCC2. The molecule has 0 aromatic heterocycles. The molecule has 4 heteroatoms. The van der Waals surface area contributed by atoms with E-state index in [1.807, 2.05) is 13.0 Å². The second-order valence-corrected chi connectivity index (χ2v) is 7.10. The van der Waals surface area contributed by atoms with Crippen LogP contribution in [-0.4, -0.2) is 22.4 Å². The molecule has 1 N–H and O–H groups in total. The van der Waals surface area contributed by atoms with Crippen molar-refractivity contribution in [3.63, 3.8) is 0 Å². The molecule has 110 valence electrons. The number of carbonyl (C=O) groups is 1.